The van der Waals surface area contributed by atoms with E-state index in [-0.39, 0.29) is 30.7 Å². The molecule has 26 heavy (non-hydrogen) atoms. The lowest BCUT2D eigenvalue weighted by molar-refractivity contribution is -0.138. The second-order valence-corrected chi connectivity index (χ2v) is 6.38. The van der Waals surface area contributed by atoms with E-state index in [0.29, 0.717) is 11.3 Å². The van der Waals surface area contributed by atoms with Gasteiger partial charge in [0.1, 0.15) is 6.04 Å². The van der Waals surface area contributed by atoms with E-state index in [1.807, 2.05) is 0 Å². The molecule has 1 aromatic rings. The van der Waals surface area contributed by atoms with Gasteiger partial charge in [-0.05, 0) is 37.1 Å². The summed E-state index contributed by atoms with van der Waals surface area (Å²) in [6, 6.07) is 5.21. The third kappa shape index (κ3) is 3.24. The van der Waals surface area contributed by atoms with Crippen LogP contribution in [0.4, 0.5) is 5.69 Å². The predicted octanol–water partition coefficient (Wildman–Crippen LogP) is 1.53. The van der Waals surface area contributed by atoms with Crippen molar-refractivity contribution in [3.05, 3.63) is 42.5 Å². The molecule has 2 fully saturated rings. The fourth-order valence-electron chi connectivity index (χ4n) is 3.07. The zero-order valence-corrected chi connectivity index (χ0v) is 14.5. The fourth-order valence-corrected chi connectivity index (χ4v) is 3.07. The second kappa shape index (κ2) is 7.11. The molecule has 1 saturated carbocycles. The molecule has 7 nitrogen and oxygen atoms in total. The summed E-state index contributed by atoms with van der Waals surface area (Å²) in [7, 11) is 1.28. The quantitative estimate of drug-likeness (QED) is 0.438. The summed E-state index contributed by atoms with van der Waals surface area (Å²) in [4.78, 5) is 51.8. The SMILES string of the molecule is C=CCN(C(=O)C1CC1)C1CC(=O)N(c2ccc(C(=O)OC)cc2)C1=O. The van der Waals surface area contributed by atoms with Crippen molar-refractivity contribution in [1.82, 2.24) is 4.90 Å². The number of hydrogen-bond acceptors (Lipinski definition) is 5. The second-order valence-electron chi connectivity index (χ2n) is 6.38. The largest absolute Gasteiger partial charge is 0.465 e. The summed E-state index contributed by atoms with van der Waals surface area (Å²) in [5, 5.41) is 0. The van der Waals surface area contributed by atoms with Crippen LogP contribution in [0.15, 0.2) is 36.9 Å². The number of carbonyl (C=O) groups excluding carboxylic acids is 4. The molecular weight excluding hydrogens is 336 g/mol. The van der Waals surface area contributed by atoms with Crippen LogP contribution >= 0.6 is 0 Å². The minimum absolute atomic E-state index is 0.0498. The number of nitrogens with zero attached hydrogens (tertiary/aromatic N) is 2. The number of ether oxygens (including phenoxy) is 1. The number of esters is 1. The molecule has 1 saturated heterocycles. The van der Waals surface area contributed by atoms with Crippen molar-refractivity contribution in [2.75, 3.05) is 18.6 Å². The molecule has 3 rings (SSSR count). The van der Waals surface area contributed by atoms with Crippen molar-refractivity contribution in [3.8, 4) is 0 Å². The van der Waals surface area contributed by atoms with Gasteiger partial charge in [-0.3, -0.25) is 14.4 Å². The van der Waals surface area contributed by atoms with Crippen LogP contribution in [0.3, 0.4) is 0 Å². The first-order chi connectivity index (χ1) is 12.5. The van der Waals surface area contributed by atoms with Crippen LogP contribution in [0.5, 0.6) is 0 Å². The van der Waals surface area contributed by atoms with Crippen molar-refractivity contribution in [2.24, 2.45) is 5.92 Å². The Hall–Kier alpha value is -2.96. The first-order valence-electron chi connectivity index (χ1n) is 8.44. The third-order valence-corrected chi connectivity index (χ3v) is 4.58. The topological polar surface area (TPSA) is 84.0 Å². The normalized spacial score (nSPS) is 19.4. The Labute approximate surface area is 151 Å². The zero-order chi connectivity index (χ0) is 18.8. The van der Waals surface area contributed by atoms with E-state index in [2.05, 4.69) is 11.3 Å². The number of amides is 3. The molecule has 1 atom stereocenters. The standard InChI is InChI=1S/C19H20N2O5/c1-3-10-20(17(23)12-4-5-12)15-11-16(22)21(18(15)24)14-8-6-13(7-9-14)19(25)26-2/h3,6-9,12,15H,1,4-5,10-11H2,2H3. The van der Waals surface area contributed by atoms with Crippen LogP contribution in [0.2, 0.25) is 0 Å². The number of anilines is 1. The van der Waals surface area contributed by atoms with E-state index < -0.39 is 17.9 Å². The highest BCUT2D eigenvalue weighted by Crippen LogP contribution is 2.34. The molecule has 0 spiro atoms. The monoisotopic (exact) mass is 356 g/mol. The smallest absolute Gasteiger partial charge is 0.337 e. The maximum absolute atomic E-state index is 12.8. The number of carbonyl (C=O) groups is 4. The zero-order valence-electron chi connectivity index (χ0n) is 14.5. The first kappa shape index (κ1) is 17.8. The van der Waals surface area contributed by atoms with Crippen molar-refractivity contribution in [3.63, 3.8) is 0 Å². The lowest BCUT2D eigenvalue weighted by atomic mass is 10.1. The van der Waals surface area contributed by atoms with Gasteiger partial charge >= 0.3 is 5.97 Å². The first-order valence-corrected chi connectivity index (χ1v) is 8.44. The van der Waals surface area contributed by atoms with Crippen LogP contribution in [-0.2, 0) is 19.1 Å². The average Bonchev–Trinajstić information content (AvgIpc) is 3.45. The summed E-state index contributed by atoms with van der Waals surface area (Å²) in [5.74, 6) is -1.45. The molecular formula is C19H20N2O5. The number of imide groups is 1. The Morgan fingerprint density at radius 3 is 2.46 bits per heavy atom. The molecule has 1 aromatic carbocycles. The number of rotatable bonds is 6. The van der Waals surface area contributed by atoms with Gasteiger partial charge in [-0.2, -0.15) is 0 Å². The Kier molecular flexibility index (Phi) is 4.88. The number of hydrogen-bond donors (Lipinski definition) is 0. The molecule has 7 heteroatoms. The maximum Gasteiger partial charge on any atom is 0.337 e. The Bertz CT molecular complexity index is 767. The molecule has 1 unspecified atom stereocenters. The van der Waals surface area contributed by atoms with Gasteiger partial charge in [0.25, 0.3) is 5.91 Å². The molecule has 2 aliphatic rings. The van der Waals surface area contributed by atoms with E-state index in [1.54, 1.807) is 6.08 Å². The summed E-state index contributed by atoms with van der Waals surface area (Å²) in [6.45, 7) is 3.87. The molecule has 3 amide bonds. The molecule has 1 aliphatic carbocycles. The summed E-state index contributed by atoms with van der Waals surface area (Å²) < 4.78 is 4.63. The van der Waals surface area contributed by atoms with Gasteiger partial charge < -0.3 is 9.64 Å². The van der Waals surface area contributed by atoms with E-state index in [0.717, 1.165) is 17.7 Å². The van der Waals surface area contributed by atoms with E-state index in [9.17, 15) is 19.2 Å². The molecule has 136 valence electrons. The molecule has 0 N–H and O–H groups in total. The van der Waals surface area contributed by atoms with Gasteiger partial charge in [0.15, 0.2) is 0 Å². The highest BCUT2D eigenvalue weighted by molar-refractivity contribution is 6.23. The molecule has 1 aliphatic heterocycles. The van der Waals surface area contributed by atoms with Crippen molar-refractivity contribution in [2.45, 2.75) is 25.3 Å². The molecule has 0 radical (unpaired) electrons. The minimum atomic E-state index is -0.811. The highest BCUT2D eigenvalue weighted by Gasteiger charge is 2.46. The van der Waals surface area contributed by atoms with Crippen LogP contribution in [-0.4, -0.2) is 48.3 Å². The van der Waals surface area contributed by atoms with Crippen molar-refractivity contribution < 1.29 is 23.9 Å². The fraction of sp³-hybridized carbons (Fsp3) is 0.368. The average molecular weight is 356 g/mol. The Morgan fingerprint density at radius 1 is 1.27 bits per heavy atom. The van der Waals surface area contributed by atoms with Crippen molar-refractivity contribution in [1.29, 1.82) is 0 Å². The van der Waals surface area contributed by atoms with Crippen LogP contribution < -0.4 is 4.90 Å². The maximum atomic E-state index is 12.8. The minimum Gasteiger partial charge on any atom is -0.465 e. The van der Waals surface area contributed by atoms with Gasteiger partial charge in [0.05, 0.1) is 24.8 Å². The van der Waals surface area contributed by atoms with E-state index in [4.69, 9.17) is 0 Å². The predicted molar refractivity (Wildman–Crippen MR) is 93.3 cm³/mol. The lowest BCUT2D eigenvalue weighted by Gasteiger charge is -2.26. The van der Waals surface area contributed by atoms with Gasteiger partial charge in [0.2, 0.25) is 11.8 Å². The van der Waals surface area contributed by atoms with Crippen LogP contribution in [0.25, 0.3) is 0 Å². The van der Waals surface area contributed by atoms with Gasteiger partial charge in [-0.25, -0.2) is 9.69 Å². The van der Waals surface area contributed by atoms with E-state index in [1.165, 1.54) is 36.3 Å². The van der Waals surface area contributed by atoms with Crippen LogP contribution in [0, 0.1) is 5.92 Å². The van der Waals surface area contributed by atoms with Crippen molar-refractivity contribution >= 4 is 29.4 Å². The Morgan fingerprint density at radius 2 is 1.92 bits per heavy atom. The molecule has 1 heterocycles. The number of benzene rings is 1. The van der Waals surface area contributed by atoms with Gasteiger partial charge in [0, 0.05) is 12.5 Å². The van der Waals surface area contributed by atoms with E-state index >= 15 is 0 Å². The number of methoxy groups -OCH3 is 1. The lowest BCUT2D eigenvalue weighted by Crippen LogP contribution is -2.46. The molecule has 0 aromatic heterocycles. The highest BCUT2D eigenvalue weighted by atomic mass is 16.5. The summed E-state index contributed by atoms with van der Waals surface area (Å²) in [5.41, 5.74) is 0.691. The molecule has 0 bridgehead atoms. The van der Waals surface area contributed by atoms with Crippen LogP contribution in [0.1, 0.15) is 29.6 Å². The Balaban J connectivity index is 1.82. The summed E-state index contributed by atoms with van der Waals surface area (Å²) >= 11 is 0. The third-order valence-electron chi connectivity index (χ3n) is 4.58. The summed E-state index contributed by atoms with van der Waals surface area (Å²) in [6.07, 6.45) is 3.15. The van der Waals surface area contributed by atoms with Gasteiger partial charge in [-0.15, -0.1) is 6.58 Å². The van der Waals surface area contributed by atoms with Gasteiger partial charge in [-0.1, -0.05) is 6.08 Å².